The topological polar surface area (TPSA) is 340 Å². The Labute approximate surface area is 229 Å². The van der Waals surface area contributed by atoms with Crippen molar-refractivity contribution in [1.82, 2.24) is 5.32 Å². The number of hydrogen-bond donors (Lipinski definition) is 13. The van der Waals surface area contributed by atoms with Gasteiger partial charge in [0.15, 0.2) is 24.5 Å². The quantitative estimate of drug-likeness (QED) is 0.0884. The van der Waals surface area contributed by atoms with E-state index in [1.807, 2.05) is 0 Å². The molecule has 0 radical (unpaired) electrons. The highest BCUT2D eigenvalue weighted by Crippen LogP contribution is 2.39. The summed E-state index contributed by atoms with van der Waals surface area (Å²) >= 11 is 0. The molecular formula is C21H41N7O12. The molecule has 0 unspecified atom stereocenters. The lowest BCUT2D eigenvalue weighted by Crippen LogP contribution is -2.66. The van der Waals surface area contributed by atoms with E-state index in [1.165, 1.54) is 14.0 Å². The Morgan fingerprint density at radius 2 is 1.43 bits per heavy atom. The van der Waals surface area contributed by atoms with Gasteiger partial charge in [-0.05, 0) is 14.0 Å². The first-order chi connectivity index (χ1) is 18.7. The molecule has 17 N–H and O–H groups in total. The second-order valence-corrected chi connectivity index (χ2v) is 10.0. The number of hydrogen-bond acceptors (Lipinski definition) is 15. The Kier molecular flexibility index (Phi) is 10.5. The number of aliphatic hydroxyl groups excluding tert-OH is 7. The van der Waals surface area contributed by atoms with Crippen molar-refractivity contribution in [3.8, 4) is 0 Å². The van der Waals surface area contributed by atoms with Gasteiger partial charge in [0, 0.05) is 0 Å². The molecular weight excluding hydrogens is 542 g/mol. The Morgan fingerprint density at radius 3 is 1.95 bits per heavy atom. The third-order valence-electron chi connectivity index (χ3n) is 7.49. The average Bonchev–Trinajstić information content (AvgIpc) is 3.13. The Morgan fingerprint density at radius 1 is 0.825 bits per heavy atom. The highest BCUT2D eigenvalue weighted by molar-refractivity contribution is 5.76. The minimum atomic E-state index is -2.15. The standard InChI is InChI=1S/C21H41N7O12/c1-5-21(36,4-30)16(40-17-9(26-2)13(34)10(31)6(3-29)38-17)18(37-5)39-15-8(28-20(24)25)11(32)7(27-19(22)23)12(33)14(15)35/h5-18,26,29-36H,3-4H2,1-2H3,(H4,22,23,27)(H4,24,25,28)/t5-,6-,7-,8-,9-,10-,11+,12-,13-,14+,15+,16-,17-,18+,21-/m0/s1. The van der Waals surface area contributed by atoms with Gasteiger partial charge in [-0.1, -0.05) is 0 Å². The number of rotatable bonds is 9. The molecule has 3 fully saturated rings. The summed E-state index contributed by atoms with van der Waals surface area (Å²) in [4.78, 5) is 7.66. The second-order valence-electron chi connectivity index (χ2n) is 10.0. The summed E-state index contributed by atoms with van der Waals surface area (Å²) in [6, 6.07) is -4.00. The van der Waals surface area contributed by atoms with Gasteiger partial charge >= 0.3 is 0 Å². The summed E-state index contributed by atoms with van der Waals surface area (Å²) in [7, 11) is 1.44. The van der Waals surface area contributed by atoms with Gasteiger partial charge in [-0.2, -0.15) is 0 Å². The number of guanidine groups is 2. The highest BCUT2D eigenvalue weighted by Gasteiger charge is 2.60. The van der Waals surface area contributed by atoms with E-state index in [-0.39, 0.29) is 0 Å². The molecule has 0 bridgehead atoms. The van der Waals surface area contributed by atoms with E-state index >= 15 is 0 Å². The Hall–Kier alpha value is -1.98. The summed E-state index contributed by atoms with van der Waals surface area (Å²) in [5, 5.41) is 87.0. The van der Waals surface area contributed by atoms with Gasteiger partial charge in [-0.3, -0.25) is 0 Å². The van der Waals surface area contributed by atoms with E-state index in [9.17, 15) is 40.9 Å². The minimum absolute atomic E-state index is 0.493. The Bertz CT molecular complexity index is 911. The molecule has 232 valence electrons. The molecule has 2 aliphatic heterocycles. The maximum atomic E-state index is 11.3. The van der Waals surface area contributed by atoms with E-state index in [0.717, 1.165) is 0 Å². The molecule has 0 amide bonds. The van der Waals surface area contributed by atoms with Crippen LogP contribution in [0, 0.1) is 0 Å². The van der Waals surface area contributed by atoms with Crippen LogP contribution in [-0.2, 0) is 18.9 Å². The van der Waals surface area contributed by atoms with Crippen LogP contribution in [0.25, 0.3) is 0 Å². The largest absolute Gasteiger partial charge is 0.394 e. The molecule has 3 aliphatic rings. The van der Waals surface area contributed by atoms with E-state index in [4.69, 9.17) is 41.9 Å². The van der Waals surface area contributed by atoms with Crippen molar-refractivity contribution in [3.05, 3.63) is 0 Å². The summed E-state index contributed by atoms with van der Waals surface area (Å²) in [6.45, 7) is -0.199. The SMILES string of the molecule is CN[C@@H]1[C@H](O[C@H]2[C@@H](O[C@H]3[C@H](O)[C@@H](O)[C@@H](N=C(N)N)[C@@H](O)[C@@H]3N=C(N)N)O[C@@H](C)[C@@]2(O)CO)O[C@@H](CO)[C@H](O)[C@H]1O. The first-order valence-corrected chi connectivity index (χ1v) is 12.5. The fraction of sp³-hybridized carbons (Fsp3) is 0.905. The number of nitrogens with one attached hydrogen (secondary N) is 1. The van der Waals surface area contributed by atoms with Gasteiger partial charge in [0.25, 0.3) is 0 Å². The van der Waals surface area contributed by atoms with Crippen LogP contribution < -0.4 is 28.3 Å². The molecule has 40 heavy (non-hydrogen) atoms. The summed E-state index contributed by atoms with van der Waals surface area (Å²) in [5.41, 5.74) is 19.7. The first kappa shape index (κ1) is 32.5. The lowest BCUT2D eigenvalue weighted by molar-refractivity contribution is -0.317. The fourth-order valence-electron chi connectivity index (χ4n) is 5.17. The lowest BCUT2D eigenvalue weighted by Gasteiger charge is -2.45. The predicted octanol–water partition coefficient (Wildman–Crippen LogP) is -8.37. The van der Waals surface area contributed by atoms with Crippen LogP contribution in [0.1, 0.15) is 6.92 Å². The number of likely N-dealkylation sites (N-methyl/N-ethyl adjacent to an activating group) is 1. The molecule has 3 rings (SSSR count). The van der Waals surface area contributed by atoms with Gasteiger partial charge in [0.2, 0.25) is 0 Å². The van der Waals surface area contributed by atoms with Crippen molar-refractivity contribution in [3.63, 3.8) is 0 Å². The zero-order valence-corrected chi connectivity index (χ0v) is 21.9. The predicted molar refractivity (Wildman–Crippen MR) is 134 cm³/mol. The lowest BCUT2D eigenvalue weighted by atomic mass is 9.81. The van der Waals surface area contributed by atoms with E-state index < -0.39 is 116 Å². The van der Waals surface area contributed by atoms with Crippen LogP contribution in [0.4, 0.5) is 0 Å². The molecule has 15 atom stereocenters. The number of nitrogens with two attached hydrogens (primary N) is 4. The molecule has 0 spiro atoms. The zero-order chi connectivity index (χ0) is 30.1. The third-order valence-corrected chi connectivity index (χ3v) is 7.49. The molecule has 1 aliphatic carbocycles. The number of aliphatic hydroxyl groups is 8. The smallest absolute Gasteiger partial charge is 0.187 e. The van der Waals surface area contributed by atoms with Crippen molar-refractivity contribution >= 4 is 11.9 Å². The molecule has 0 aromatic carbocycles. The maximum Gasteiger partial charge on any atom is 0.187 e. The number of aliphatic imine (C=N–C) groups is 2. The molecule has 19 heteroatoms. The fourth-order valence-corrected chi connectivity index (χ4v) is 5.17. The van der Waals surface area contributed by atoms with Crippen LogP contribution in [0.5, 0.6) is 0 Å². The van der Waals surface area contributed by atoms with E-state index in [0.29, 0.717) is 0 Å². The summed E-state index contributed by atoms with van der Waals surface area (Å²) in [6.07, 6.45) is -16.9. The molecule has 2 saturated heterocycles. The molecule has 1 saturated carbocycles. The van der Waals surface area contributed by atoms with E-state index in [2.05, 4.69) is 15.3 Å². The van der Waals surface area contributed by atoms with Gasteiger partial charge in [-0.15, -0.1) is 0 Å². The third kappa shape index (κ3) is 6.11. The summed E-state index contributed by atoms with van der Waals surface area (Å²) < 4.78 is 23.2. The number of ether oxygens (including phenoxy) is 4. The highest BCUT2D eigenvalue weighted by atomic mass is 16.8. The monoisotopic (exact) mass is 583 g/mol. The Balaban J connectivity index is 1.96. The van der Waals surface area contributed by atoms with Crippen LogP contribution in [-0.4, -0.2) is 164 Å². The van der Waals surface area contributed by atoms with E-state index in [1.54, 1.807) is 0 Å². The second kappa shape index (κ2) is 12.9. The van der Waals surface area contributed by atoms with Gasteiger partial charge in [0.1, 0.15) is 66.5 Å². The first-order valence-electron chi connectivity index (χ1n) is 12.5. The average molecular weight is 584 g/mol. The van der Waals surface area contributed by atoms with Crippen LogP contribution in [0.2, 0.25) is 0 Å². The van der Waals surface area contributed by atoms with Gasteiger partial charge in [0.05, 0.1) is 25.4 Å². The molecule has 0 aromatic rings. The van der Waals surface area contributed by atoms with Crippen molar-refractivity contribution in [2.75, 3.05) is 20.3 Å². The normalized spacial score (nSPS) is 47.5. The van der Waals surface area contributed by atoms with Crippen LogP contribution >= 0.6 is 0 Å². The van der Waals surface area contributed by atoms with Crippen LogP contribution in [0.15, 0.2) is 9.98 Å². The van der Waals surface area contributed by atoms with Crippen molar-refractivity contribution in [1.29, 1.82) is 0 Å². The van der Waals surface area contributed by atoms with Gasteiger partial charge in [-0.25, -0.2) is 9.98 Å². The minimum Gasteiger partial charge on any atom is -0.394 e. The van der Waals surface area contributed by atoms with Crippen molar-refractivity contribution < 1.29 is 59.8 Å². The molecule has 0 aromatic heterocycles. The molecule has 19 nitrogen and oxygen atoms in total. The maximum absolute atomic E-state index is 11.3. The van der Waals surface area contributed by atoms with Crippen molar-refractivity contribution in [2.24, 2.45) is 32.9 Å². The van der Waals surface area contributed by atoms with Gasteiger partial charge < -0.3 is 88.1 Å². The number of nitrogens with zero attached hydrogens (tertiary/aromatic N) is 2. The zero-order valence-electron chi connectivity index (χ0n) is 21.9. The van der Waals surface area contributed by atoms with Crippen molar-refractivity contribution in [2.45, 2.75) is 98.2 Å². The summed E-state index contributed by atoms with van der Waals surface area (Å²) in [5.74, 6) is -1.01. The molecule has 2 heterocycles. The van der Waals surface area contributed by atoms with Crippen LogP contribution in [0.3, 0.4) is 0 Å².